The number of nitrogens with zero attached hydrogens (tertiary/aromatic N) is 3. The summed E-state index contributed by atoms with van der Waals surface area (Å²) in [7, 11) is 0. The lowest BCUT2D eigenvalue weighted by Crippen LogP contribution is -2.18. The van der Waals surface area contributed by atoms with Gasteiger partial charge in [0.1, 0.15) is 5.69 Å². The molecule has 0 saturated heterocycles. The Morgan fingerprint density at radius 1 is 1.35 bits per heavy atom. The van der Waals surface area contributed by atoms with E-state index < -0.39 is 0 Å². The smallest absolute Gasteiger partial charge is 0.275 e. The van der Waals surface area contributed by atoms with E-state index in [0.29, 0.717) is 15.8 Å². The summed E-state index contributed by atoms with van der Waals surface area (Å²) in [5.41, 5.74) is 3.10. The van der Waals surface area contributed by atoms with Gasteiger partial charge >= 0.3 is 0 Å². The molecule has 3 aromatic rings. The predicted octanol–water partition coefficient (Wildman–Crippen LogP) is 4.60. The van der Waals surface area contributed by atoms with E-state index in [1.807, 2.05) is 39.8 Å². The molecule has 1 N–H and O–H groups in total. The number of aryl methyl sites for hydroxylation is 2. The third-order valence-corrected chi connectivity index (χ3v) is 4.89. The van der Waals surface area contributed by atoms with Crippen molar-refractivity contribution in [2.75, 3.05) is 5.32 Å². The van der Waals surface area contributed by atoms with Gasteiger partial charge in [-0.2, -0.15) is 5.10 Å². The van der Waals surface area contributed by atoms with Crippen LogP contribution in [-0.2, 0) is 0 Å². The number of hydrogen-bond acceptors (Lipinski definition) is 4. The Hall–Kier alpha value is -1.92. The van der Waals surface area contributed by atoms with Crippen LogP contribution in [0.5, 0.6) is 0 Å². The van der Waals surface area contributed by atoms with Gasteiger partial charge in [-0.3, -0.25) is 14.8 Å². The number of carbonyl (C=O) groups is 1. The third-order valence-electron chi connectivity index (χ3n) is 3.55. The maximum absolute atomic E-state index is 12.6. The second kappa shape index (κ2) is 5.94. The number of benzene rings is 1. The van der Waals surface area contributed by atoms with Crippen LogP contribution in [0.15, 0.2) is 18.2 Å². The van der Waals surface area contributed by atoms with Gasteiger partial charge in [0.2, 0.25) is 0 Å². The molecule has 3 rings (SSSR count). The van der Waals surface area contributed by atoms with Crippen LogP contribution in [0, 0.1) is 13.8 Å². The standard InChI is InChI=1S/C16H17ClN4OS/c1-8(2)21-12(7-9(3)20-21)15(22)19-16-18-14-10(4)11(17)5-6-13(14)23-16/h5-8H,1-4H3,(H,18,19,22). The highest BCUT2D eigenvalue weighted by Gasteiger charge is 2.18. The van der Waals surface area contributed by atoms with Gasteiger partial charge in [-0.1, -0.05) is 22.9 Å². The van der Waals surface area contributed by atoms with Crippen molar-refractivity contribution in [3.05, 3.63) is 40.2 Å². The van der Waals surface area contributed by atoms with Crippen molar-refractivity contribution in [1.29, 1.82) is 0 Å². The molecule has 0 atom stereocenters. The lowest BCUT2D eigenvalue weighted by atomic mass is 10.2. The quantitative estimate of drug-likeness (QED) is 0.752. The topological polar surface area (TPSA) is 59.8 Å². The molecule has 2 aromatic heterocycles. The Morgan fingerprint density at radius 2 is 2.09 bits per heavy atom. The molecule has 120 valence electrons. The Morgan fingerprint density at radius 3 is 2.78 bits per heavy atom. The van der Waals surface area contributed by atoms with Crippen LogP contribution in [-0.4, -0.2) is 20.7 Å². The van der Waals surface area contributed by atoms with Gasteiger partial charge in [-0.25, -0.2) is 4.98 Å². The molecule has 0 unspecified atom stereocenters. The lowest BCUT2D eigenvalue weighted by molar-refractivity contribution is 0.101. The van der Waals surface area contributed by atoms with Crippen molar-refractivity contribution in [3.8, 4) is 0 Å². The number of halogens is 1. The Labute approximate surface area is 143 Å². The minimum absolute atomic E-state index is 0.112. The molecule has 0 bridgehead atoms. The average Bonchev–Trinajstić information content (AvgIpc) is 3.07. The van der Waals surface area contributed by atoms with Crippen molar-refractivity contribution in [2.45, 2.75) is 33.7 Å². The molecular weight excluding hydrogens is 332 g/mol. The van der Waals surface area contributed by atoms with Crippen LogP contribution >= 0.6 is 22.9 Å². The Kier molecular flexibility index (Phi) is 4.12. The van der Waals surface area contributed by atoms with E-state index in [2.05, 4.69) is 15.4 Å². The predicted molar refractivity (Wildman–Crippen MR) is 94.7 cm³/mol. The first-order valence-corrected chi connectivity index (χ1v) is 8.49. The van der Waals surface area contributed by atoms with Crippen molar-refractivity contribution < 1.29 is 4.79 Å². The first-order chi connectivity index (χ1) is 10.9. The molecular formula is C16H17ClN4OS. The number of thiazole rings is 1. The van der Waals surface area contributed by atoms with Crippen LogP contribution in [0.3, 0.4) is 0 Å². The fourth-order valence-electron chi connectivity index (χ4n) is 2.40. The van der Waals surface area contributed by atoms with E-state index in [-0.39, 0.29) is 11.9 Å². The summed E-state index contributed by atoms with van der Waals surface area (Å²) in [6, 6.07) is 5.66. The molecule has 2 heterocycles. The van der Waals surface area contributed by atoms with E-state index in [1.165, 1.54) is 11.3 Å². The zero-order chi connectivity index (χ0) is 16.7. The number of anilines is 1. The van der Waals surface area contributed by atoms with Crippen LogP contribution in [0.2, 0.25) is 5.02 Å². The van der Waals surface area contributed by atoms with Gasteiger partial charge in [-0.15, -0.1) is 0 Å². The number of hydrogen-bond donors (Lipinski definition) is 1. The number of carbonyl (C=O) groups excluding carboxylic acids is 1. The van der Waals surface area contributed by atoms with E-state index in [4.69, 9.17) is 11.6 Å². The number of fused-ring (bicyclic) bond motifs is 1. The highest BCUT2D eigenvalue weighted by Crippen LogP contribution is 2.31. The van der Waals surface area contributed by atoms with Crippen LogP contribution < -0.4 is 5.32 Å². The zero-order valence-corrected chi connectivity index (χ0v) is 14.9. The summed E-state index contributed by atoms with van der Waals surface area (Å²) in [5, 5.41) is 8.47. The molecule has 0 aliphatic rings. The average molecular weight is 349 g/mol. The van der Waals surface area contributed by atoms with E-state index in [0.717, 1.165) is 21.5 Å². The summed E-state index contributed by atoms with van der Waals surface area (Å²) in [6.07, 6.45) is 0. The normalized spacial score (nSPS) is 11.4. The van der Waals surface area contributed by atoms with Gasteiger partial charge in [0.25, 0.3) is 5.91 Å². The Bertz CT molecular complexity index is 897. The summed E-state index contributed by atoms with van der Waals surface area (Å²) in [4.78, 5) is 17.0. The zero-order valence-electron chi connectivity index (χ0n) is 13.3. The van der Waals surface area contributed by atoms with E-state index in [9.17, 15) is 4.79 Å². The van der Waals surface area contributed by atoms with Crippen LogP contribution in [0.1, 0.15) is 41.6 Å². The maximum atomic E-state index is 12.6. The lowest BCUT2D eigenvalue weighted by Gasteiger charge is -2.09. The molecule has 5 nitrogen and oxygen atoms in total. The van der Waals surface area contributed by atoms with Crippen molar-refractivity contribution in [3.63, 3.8) is 0 Å². The second-order valence-corrected chi connectivity index (χ2v) is 7.14. The molecule has 0 fully saturated rings. The van der Waals surface area contributed by atoms with E-state index in [1.54, 1.807) is 10.7 Å². The first-order valence-electron chi connectivity index (χ1n) is 7.30. The summed E-state index contributed by atoms with van der Waals surface area (Å²) < 4.78 is 2.72. The molecule has 0 aliphatic carbocycles. The number of rotatable bonds is 3. The highest BCUT2D eigenvalue weighted by atomic mass is 35.5. The molecule has 1 aromatic carbocycles. The largest absolute Gasteiger partial charge is 0.296 e. The maximum Gasteiger partial charge on any atom is 0.275 e. The van der Waals surface area contributed by atoms with Crippen molar-refractivity contribution >= 4 is 44.2 Å². The Balaban J connectivity index is 1.93. The summed E-state index contributed by atoms with van der Waals surface area (Å²) >= 11 is 7.56. The molecule has 23 heavy (non-hydrogen) atoms. The van der Waals surface area contributed by atoms with Gasteiger partial charge in [0.05, 0.1) is 15.9 Å². The highest BCUT2D eigenvalue weighted by molar-refractivity contribution is 7.22. The fraction of sp³-hybridized carbons (Fsp3) is 0.312. The third kappa shape index (κ3) is 2.96. The summed E-state index contributed by atoms with van der Waals surface area (Å²) in [6.45, 7) is 7.78. The monoisotopic (exact) mass is 348 g/mol. The van der Waals surface area contributed by atoms with Crippen LogP contribution in [0.25, 0.3) is 10.2 Å². The number of aromatic nitrogens is 3. The molecule has 7 heteroatoms. The van der Waals surface area contributed by atoms with Gasteiger partial charge in [0, 0.05) is 11.1 Å². The number of nitrogens with one attached hydrogen (secondary N) is 1. The first kappa shape index (κ1) is 16.0. The number of amides is 1. The second-order valence-electron chi connectivity index (χ2n) is 5.70. The summed E-state index contributed by atoms with van der Waals surface area (Å²) in [5.74, 6) is -0.206. The molecule has 0 saturated carbocycles. The van der Waals surface area contributed by atoms with Gasteiger partial charge in [-0.05, 0) is 51.5 Å². The van der Waals surface area contributed by atoms with E-state index >= 15 is 0 Å². The molecule has 0 spiro atoms. The minimum Gasteiger partial charge on any atom is -0.296 e. The SMILES string of the molecule is Cc1cc(C(=O)Nc2nc3c(C)c(Cl)ccc3s2)n(C(C)C)n1. The molecule has 1 amide bonds. The van der Waals surface area contributed by atoms with Gasteiger partial charge < -0.3 is 0 Å². The van der Waals surface area contributed by atoms with Crippen molar-refractivity contribution in [1.82, 2.24) is 14.8 Å². The minimum atomic E-state index is -0.206. The van der Waals surface area contributed by atoms with Crippen molar-refractivity contribution in [2.24, 2.45) is 0 Å². The van der Waals surface area contributed by atoms with Gasteiger partial charge in [0.15, 0.2) is 5.13 Å². The van der Waals surface area contributed by atoms with Crippen LogP contribution in [0.4, 0.5) is 5.13 Å². The molecule has 0 radical (unpaired) electrons. The fourth-order valence-corrected chi connectivity index (χ4v) is 3.47. The molecule has 0 aliphatic heterocycles.